The van der Waals surface area contributed by atoms with Crippen molar-refractivity contribution in [1.82, 2.24) is 4.57 Å². The van der Waals surface area contributed by atoms with Gasteiger partial charge in [0.05, 0.1) is 22.1 Å². The van der Waals surface area contributed by atoms with Gasteiger partial charge in [0.15, 0.2) is 0 Å². The molecule has 0 amide bonds. The van der Waals surface area contributed by atoms with E-state index in [1.165, 1.54) is 77.1 Å². The van der Waals surface area contributed by atoms with Crippen LogP contribution in [0.4, 0.5) is 17.1 Å². The smallest absolute Gasteiger partial charge is 0.0713 e. The van der Waals surface area contributed by atoms with Crippen molar-refractivity contribution < 1.29 is 0 Å². The molecular weight excluding hydrogens is 737 g/mol. The molecule has 1 heterocycles. The Kier molecular flexibility index (Phi) is 8.11. The molecule has 0 aliphatic heterocycles. The van der Waals surface area contributed by atoms with E-state index in [0.29, 0.717) is 0 Å². The number of para-hydroxylation sites is 2. The van der Waals surface area contributed by atoms with Gasteiger partial charge in [-0.3, -0.25) is 0 Å². The van der Waals surface area contributed by atoms with Gasteiger partial charge in [-0.25, -0.2) is 0 Å². The normalized spacial score (nSPS) is 12.7. The Balaban J connectivity index is 0.998. The molecule has 286 valence electrons. The van der Waals surface area contributed by atoms with Crippen molar-refractivity contribution in [3.05, 3.63) is 265 Å². The Hall–Kier alpha value is -7.94. The topological polar surface area (TPSA) is 8.17 Å². The number of anilines is 3. The lowest BCUT2D eigenvalue weighted by molar-refractivity contribution is 0.768. The average molecular weight is 777 g/mol. The van der Waals surface area contributed by atoms with Crippen molar-refractivity contribution in [2.75, 3.05) is 4.90 Å². The lowest BCUT2D eigenvalue weighted by Gasteiger charge is -2.34. The molecule has 10 aromatic carbocycles. The van der Waals surface area contributed by atoms with Gasteiger partial charge < -0.3 is 9.47 Å². The van der Waals surface area contributed by atoms with E-state index >= 15 is 0 Å². The Morgan fingerprint density at radius 1 is 0.344 bits per heavy atom. The van der Waals surface area contributed by atoms with Gasteiger partial charge in [-0.05, 0) is 104 Å². The predicted molar refractivity (Wildman–Crippen MR) is 256 cm³/mol. The van der Waals surface area contributed by atoms with Crippen molar-refractivity contribution in [2.24, 2.45) is 0 Å². The van der Waals surface area contributed by atoms with E-state index in [-0.39, 0.29) is 0 Å². The highest BCUT2D eigenvalue weighted by Gasteiger charge is 2.45. The third-order valence-corrected chi connectivity index (χ3v) is 12.9. The van der Waals surface area contributed by atoms with Gasteiger partial charge >= 0.3 is 0 Å². The predicted octanol–water partition coefficient (Wildman–Crippen LogP) is 15.4. The molecule has 0 atom stereocenters. The second-order valence-corrected chi connectivity index (χ2v) is 16.1. The van der Waals surface area contributed by atoms with Crippen molar-refractivity contribution >= 4 is 49.6 Å². The van der Waals surface area contributed by atoms with Crippen molar-refractivity contribution in [2.45, 2.75) is 5.41 Å². The van der Waals surface area contributed by atoms with E-state index in [1.54, 1.807) is 0 Å². The van der Waals surface area contributed by atoms with Gasteiger partial charge in [0.1, 0.15) is 0 Å². The van der Waals surface area contributed by atoms with E-state index in [9.17, 15) is 0 Å². The van der Waals surface area contributed by atoms with Gasteiger partial charge in [0.2, 0.25) is 0 Å². The Bertz CT molecular complexity index is 3350. The minimum absolute atomic E-state index is 0.452. The minimum Gasteiger partial charge on any atom is -0.310 e. The second-order valence-electron chi connectivity index (χ2n) is 16.1. The van der Waals surface area contributed by atoms with Crippen molar-refractivity contribution in [1.29, 1.82) is 0 Å². The number of hydrogen-bond acceptors (Lipinski definition) is 1. The molecule has 12 rings (SSSR count). The molecule has 0 saturated heterocycles. The summed E-state index contributed by atoms with van der Waals surface area (Å²) >= 11 is 0. The quantitative estimate of drug-likeness (QED) is 0.156. The lowest BCUT2D eigenvalue weighted by atomic mass is 9.68. The van der Waals surface area contributed by atoms with Crippen LogP contribution in [0.1, 0.15) is 22.3 Å². The molecule has 0 N–H and O–H groups in total. The highest BCUT2D eigenvalue weighted by atomic mass is 15.1. The maximum Gasteiger partial charge on any atom is 0.0713 e. The van der Waals surface area contributed by atoms with Crippen LogP contribution in [0, 0.1) is 0 Å². The first-order valence-corrected chi connectivity index (χ1v) is 21.1. The van der Waals surface area contributed by atoms with E-state index in [2.05, 4.69) is 252 Å². The van der Waals surface area contributed by atoms with E-state index < -0.39 is 5.41 Å². The van der Waals surface area contributed by atoms with E-state index in [4.69, 9.17) is 0 Å². The number of nitrogens with zero attached hydrogens (tertiary/aromatic N) is 2. The summed E-state index contributed by atoms with van der Waals surface area (Å²) in [4.78, 5) is 2.41. The van der Waals surface area contributed by atoms with Crippen molar-refractivity contribution in [3.8, 4) is 27.9 Å². The molecule has 61 heavy (non-hydrogen) atoms. The third-order valence-electron chi connectivity index (χ3n) is 12.9. The van der Waals surface area contributed by atoms with E-state index in [1.807, 2.05) is 0 Å². The molecule has 0 fully saturated rings. The van der Waals surface area contributed by atoms with Gasteiger partial charge in [0, 0.05) is 33.2 Å². The van der Waals surface area contributed by atoms with Crippen molar-refractivity contribution in [3.63, 3.8) is 0 Å². The first kappa shape index (κ1) is 35.0. The first-order chi connectivity index (χ1) is 30.3. The second kappa shape index (κ2) is 14.1. The summed E-state index contributed by atoms with van der Waals surface area (Å²) in [5, 5.41) is 4.93. The van der Waals surface area contributed by atoms with Crippen LogP contribution in [-0.4, -0.2) is 4.57 Å². The zero-order chi connectivity index (χ0) is 40.3. The molecule has 0 saturated carbocycles. The fraction of sp³-hybridized carbons (Fsp3) is 0.0169. The summed E-state index contributed by atoms with van der Waals surface area (Å²) in [6.07, 6.45) is 0. The number of benzene rings is 10. The molecule has 2 heteroatoms. The molecule has 0 spiro atoms. The van der Waals surface area contributed by atoms with Crippen LogP contribution in [0.5, 0.6) is 0 Å². The molecule has 1 aliphatic carbocycles. The molecule has 0 radical (unpaired) electrons. The molecule has 1 aliphatic rings. The van der Waals surface area contributed by atoms with Crippen LogP contribution in [0.15, 0.2) is 243 Å². The average Bonchev–Trinajstić information content (AvgIpc) is 3.83. The molecule has 0 unspecified atom stereocenters. The fourth-order valence-electron chi connectivity index (χ4n) is 10.2. The van der Waals surface area contributed by atoms with Gasteiger partial charge in [0.25, 0.3) is 0 Å². The Labute approximate surface area is 355 Å². The number of aromatic nitrogens is 1. The summed E-state index contributed by atoms with van der Waals surface area (Å²) in [7, 11) is 0. The minimum atomic E-state index is -0.452. The monoisotopic (exact) mass is 776 g/mol. The summed E-state index contributed by atoms with van der Waals surface area (Å²) in [5.41, 5.74) is 16.6. The molecule has 0 bridgehead atoms. The lowest BCUT2D eigenvalue weighted by Crippen LogP contribution is -2.28. The summed E-state index contributed by atoms with van der Waals surface area (Å²) in [5.74, 6) is 0. The largest absolute Gasteiger partial charge is 0.310 e. The Morgan fingerprint density at radius 3 is 1.59 bits per heavy atom. The Morgan fingerprint density at radius 2 is 0.869 bits per heavy atom. The maximum atomic E-state index is 2.41. The zero-order valence-electron chi connectivity index (χ0n) is 33.5. The van der Waals surface area contributed by atoms with Crippen LogP contribution in [0.2, 0.25) is 0 Å². The summed E-state index contributed by atoms with van der Waals surface area (Å²) in [6.45, 7) is 0. The molecule has 11 aromatic rings. The zero-order valence-corrected chi connectivity index (χ0v) is 33.5. The SMILES string of the molecule is c1ccc(-n2c3ccccc3c3ccc(-c4ccc(N(c5ccc(C6(c7ccccc7)c7ccccc7-c7ccccc76)cc5)c5cccc6ccccc56)cc4)cc32)cc1. The van der Waals surface area contributed by atoms with Crippen LogP contribution >= 0.6 is 0 Å². The van der Waals surface area contributed by atoms with Crippen LogP contribution < -0.4 is 4.90 Å². The first-order valence-electron chi connectivity index (χ1n) is 21.1. The standard InChI is InChI=1S/C59H40N2/c1-3-18-44(19-4-1)59(54-26-12-9-23-50(54)51-24-10-13-27-55(51)59)45-33-37-48(38-34-45)60(56-29-15-17-42-16-7-8-22-49(42)56)47-35-30-41(31-36-47)43-32-39-53-52-25-11-14-28-57(52)61(58(53)40-43)46-20-5-2-6-21-46/h1-40H. The van der Waals surface area contributed by atoms with Gasteiger partial charge in [-0.15, -0.1) is 0 Å². The number of hydrogen-bond donors (Lipinski definition) is 0. The summed E-state index contributed by atoms with van der Waals surface area (Å²) < 4.78 is 2.39. The van der Waals surface area contributed by atoms with Gasteiger partial charge in [-0.2, -0.15) is 0 Å². The summed E-state index contributed by atoms with van der Waals surface area (Å²) in [6, 6.07) is 89.0. The highest BCUT2D eigenvalue weighted by molar-refractivity contribution is 6.10. The van der Waals surface area contributed by atoms with E-state index in [0.717, 1.165) is 22.7 Å². The molecule has 1 aromatic heterocycles. The van der Waals surface area contributed by atoms with Crippen LogP contribution in [-0.2, 0) is 5.41 Å². The highest BCUT2D eigenvalue weighted by Crippen LogP contribution is 2.56. The third kappa shape index (κ3) is 5.43. The molecular formula is C59H40N2. The maximum absolute atomic E-state index is 2.41. The van der Waals surface area contributed by atoms with Crippen LogP contribution in [0.25, 0.3) is 60.5 Å². The number of rotatable bonds is 7. The fourth-order valence-corrected chi connectivity index (χ4v) is 10.2. The van der Waals surface area contributed by atoms with Crippen LogP contribution in [0.3, 0.4) is 0 Å². The molecule has 2 nitrogen and oxygen atoms in total. The van der Waals surface area contributed by atoms with Gasteiger partial charge in [-0.1, -0.05) is 188 Å². The number of fused-ring (bicyclic) bond motifs is 7.